The van der Waals surface area contributed by atoms with Crippen LogP contribution in [0.4, 0.5) is 0 Å². The lowest BCUT2D eigenvalue weighted by Crippen LogP contribution is -2.30. The van der Waals surface area contributed by atoms with Gasteiger partial charge < -0.3 is 33.8 Å². The quantitative estimate of drug-likeness (QED) is 0.0222. The van der Waals surface area contributed by atoms with Crippen LogP contribution in [0, 0.1) is 17.8 Å². The Balaban J connectivity index is 5.22. The van der Waals surface area contributed by atoms with Gasteiger partial charge in [0.05, 0.1) is 26.4 Å². The molecule has 0 rings (SSSR count). The summed E-state index contributed by atoms with van der Waals surface area (Å²) in [5.41, 5.74) is 0. The molecule has 0 aromatic carbocycles. The summed E-state index contributed by atoms with van der Waals surface area (Å²) in [7, 11) is -9.93. The van der Waals surface area contributed by atoms with Crippen LogP contribution < -0.4 is 0 Å². The minimum Gasteiger partial charge on any atom is -0.462 e. The van der Waals surface area contributed by atoms with Crippen LogP contribution in [-0.4, -0.2) is 96.7 Å². The largest absolute Gasteiger partial charge is 0.472 e. The van der Waals surface area contributed by atoms with Gasteiger partial charge in [0, 0.05) is 25.7 Å². The van der Waals surface area contributed by atoms with Gasteiger partial charge in [0.15, 0.2) is 12.2 Å². The zero-order valence-corrected chi connectivity index (χ0v) is 71.0. The summed E-state index contributed by atoms with van der Waals surface area (Å²) < 4.78 is 68.9. The Hall–Kier alpha value is -1.94. The van der Waals surface area contributed by atoms with Crippen molar-refractivity contribution in [3.05, 3.63) is 0 Å². The van der Waals surface area contributed by atoms with Gasteiger partial charge in [0.1, 0.15) is 19.3 Å². The lowest BCUT2D eigenvalue weighted by molar-refractivity contribution is -0.161. The van der Waals surface area contributed by atoms with Crippen molar-refractivity contribution in [3.8, 4) is 0 Å². The monoisotopic (exact) mass is 1540 g/mol. The molecular weight excluding hydrogens is 1370 g/mol. The van der Waals surface area contributed by atoms with Crippen molar-refractivity contribution in [3.63, 3.8) is 0 Å². The average molecular weight is 1540 g/mol. The molecule has 0 heterocycles. The first-order valence-corrected chi connectivity index (χ1v) is 47.3. The highest BCUT2D eigenvalue weighted by molar-refractivity contribution is 7.47. The SMILES string of the molecule is CCCCCCCCCCCCCCCCCCCCCC(=O)OC[C@H](COP(=O)(O)OC[C@@H](O)COP(=O)(O)OC[C@@H](COC(=O)CCCCCCCCCC(C)C)OC(=O)CCCCCCCCCCCCCCC(C)C)OC(=O)CCCCCCCCCCCCCCCCCCCCC(C)C. The molecule has 0 saturated heterocycles. The molecule has 624 valence electrons. The summed E-state index contributed by atoms with van der Waals surface area (Å²) in [5, 5.41) is 10.7. The van der Waals surface area contributed by atoms with E-state index in [4.69, 9.17) is 37.0 Å². The predicted molar refractivity (Wildman–Crippen MR) is 432 cm³/mol. The van der Waals surface area contributed by atoms with Crippen molar-refractivity contribution in [1.29, 1.82) is 0 Å². The van der Waals surface area contributed by atoms with Crippen molar-refractivity contribution in [2.24, 2.45) is 17.8 Å². The Morgan fingerprint density at radius 1 is 0.257 bits per heavy atom. The zero-order valence-electron chi connectivity index (χ0n) is 69.2. The van der Waals surface area contributed by atoms with Gasteiger partial charge in [-0.05, 0) is 43.4 Å². The van der Waals surface area contributed by atoms with Crippen molar-refractivity contribution >= 4 is 39.5 Å². The van der Waals surface area contributed by atoms with Crippen LogP contribution in [-0.2, 0) is 65.4 Å². The zero-order chi connectivity index (χ0) is 77.2. The first kappa shape index (κ1) is 103. The van der Waals surface area contributed by atoms with Crippen LogP contribution in [0.1, 0.15) is 453 Å². The lowest BCUT2D eigenvalue weighted by Gasteiger charge is -2.21. The molecule has 2 unspecified atom stereocenters. The van der Waals surface area contributed by atoms with Crippen molar-refractivity contribution < 1.29 is 80.2 Å². The van der Waals surface area contributed by atoms with Crippen molar-refractivity contribution in [1.82, 2.24) is 0 Å². The van der Waals surface area contributed by atoms with Crippen LogP contribution in [0.3, 0.4) is 0 Å². The number of rotatable bonds is 84. The molecule has 105 heavy (non-hydrogen) atoms. The fourth-order valence-corrected chi connectivity index (χ4v) is 14.9. The number of hydrogen-bond acceptors (Lipinski definition) is 15. The molecule has 5 atom stereocenters. The van der Waals surface area contributed by atoms with E-state index in [-0.39, 0.29) is 25.7 Å². The standard InChI is InChI=1S/C86H168O17P2/c1-8-9-10-11-12-13-14-15-16-17-18-22-25-28-34-39-46-53-60-67-83(88)96-73-81(102-85(90)69-62-55-47-40-35-29-26-23-20-19-21-24-27-32-37-43-50-57-64-77(2)3)75-100-104(92,93)98-71-80(87)72-99-105(94,95)101-76-82(74-97-84(89)68-61-54-49-42-45-52-59-66-79(6)7)103-86(91)70-63-56-48-41-36-31-30-33-38-44-51-58-65-78(4)5/h77-82,87H,8-76H2,1-7H3,(H,92,93)(H,94,95)/t80-,81-,82-/m1/s1. The smallest absolute Gasteiger partial charge is 0.462 e. The number of aliphatic hydroxyl groups is 1. The van der Waals surface area contributed by atoms with Gasteiger partial charge in [0.25, 0.3) is 0 Å². The minimum absolute atomic E-state index is 0.106. The molecule has 0 aliphatic heterocycles. The van der Waals surface area contributed by atoms with E-state index < -0.39 is 97.5 Å². The average Bonchev–Trinajstić information content (AvgIpc) is 0.916. The Labute approximate surface area is 645 Å². The van der Waals surface area contributed by atoms with Gasteiger partial charge in [-0.25, -0.2) is 9.13 Å². The molecule has 0 aliphatic rings. The highest BCUT2D eigenvalue weighted by Crippen LogP contribution is 2.45. The van der Waals surface area contributed by atoms with E-state index in [0.717, 1.165) is 108 Å². The molecule has 3 N–H and O–H groups in total. The summed E-state index contributed by atoms with van der Waals surface area (Å²) in [6.07, 6.45) is 66.8. The van der Waals surface area contributed by atoms with E-state index in [1.165, 1.54) is 257 Å². The molecule has 0 spiro atoms. The fourth-order valence-electron chi connectivity index (χ4n) is 13.4. The highest BCUT2D eigenvalue weighted by atomic mass is 31.2. The Kier molecular flexibility index (Phi) is 74.7. The number of hydrogen-bond donors (Lipinski definition) is 3. The normalized spacial score (nSPS) is 13.9. The number of esters is 4. The van der Waals surface area contributed by atoms with Crippen LogP contribution >= 0.6 is 15.6 Å². The van der Waals surface area contributed by atoms with Crippen molar-refractivity contribution in [2.75, 3.05) is 39.6 Å². The van der Waals surface area contributed by atoms with Gasteiger partial charge in [0.2, 0.25) is 0 Å². The highest BCUT2D eigenvalue weighted by Gasteiger charge is 2.30. The van der Waals surface area contributed by atoms with Gasteiger partial charge >= 0.3 is 39.5 Å². The third-order valence-corrected chi connectivity index (χ3v) is 22.0. The lowest BCUT2D eigenvalue weighted by atomic mass is 10.0. The first-order valence-electron chi connectivity index (χ1n) is 44.3. The second-order valence-corrected chi connectivity index (χ2v) is 35.3. The van der Waals surface area contributed by atoms with Crippen LogP contribution in [0.5, 0.6) is 0 Å². The molecule has 0 radical (unpaired) electrons. The molecule has 0 aromatic heterocycles. The predicted octanol–water partition coefficient (Wildman–Crippen LogP) is 26.1. The van der Waals surface area contributed by atoms with E-state index in [9.17, 15) is 43.2 Å². The number of aliphatic hydroxyl groups excluding tert-OH is 1. The molecule has 0 aliphatic carbocycles. The second-order valence-electron chi connectivity index (χ2n) is 32.4. The first-order chi connectivity index (χ1) is 50.7. The summed E-state index contributed by atoms with van der Waals surface area (Å²) >= 11 is 0. The minimum atomic E-state index is -4.97. The van der Waals surface area contributed by atoms with E-state index in [1.54, 1.807) is 0 Å². The number of phosphoric ester groups is 2. The number of carbonyl (C=O) groups excluding carboxylic acids is 4. The summed E-state index contributed by atoms with van der Waals surface area (Å²) in [4.78, 5) is 73.2. The number of ether oxygens (including phenoxy) is 4. The molecule has 0 amide bonds. The summed E-state index contributed by atoms with van der Waals surface area (Å²) in [6, 6.07) is 0. The maximum atomic E-state index is 13.1. The molecular formula is C86H168O17P2. The Morgan fingerprint density at radius 2 is 0.438 bits per heavy atom. The van der Waals surface area contributed by atoms with E-state index in [2.05, 4.69) is 48.5 Å². The molecule has 17 nitrogen and oxygen atoms in total. The van der Waals surface area contributed by atoms with Gasteiger partial charge in [-0.3, -0.25) is 37.3 Å². The van der Waals surface area contributed by atoms with Crippen LogP contribution in [0.15, 0.2) is 0 Å². The van der Waals surface area contributed by atoms with Crippen LogP contribution in [0.2, 0.25) is 0 Å². The third-order valence-electron chi connectivity index (χ3n) is 20.1. The van der Waals surface area contributed by atoms with Crippen LogP contribution in [0.25, 0.3) is 0 Å². The Bertz CT molecular complexity index is 2030. The van der Waals surface area contributed by atoms with E-state index in [1.807, 2.05) is 0 Å². The maximum Gasteiger partial charge on any atom is 0.472 e. The number of unbranched alkanes of at least 4 members (excludes halogenated alkanes) is 52. The van der Waals surface area contributed by atoms with Gasteiger partial charge in [-0.15, -0.1) is 0 Å². The number of phosphoric acid groups is 2. The molecule has 19 heteroatoms. The summed E-state index contributed by atoms with van der Waals surface area (Å²) in [6.45, 7) is 12.0. The van der Waals surface area contributed by atoms with E-state index in [0.29, 0.717) is 31.6 Å². The molecule has 0 fully saturated rings. The van der Waals surface area contributed by atoms with E-state index >= 15 is 0 Å². The Morgan fingerprint density at radius 3 is 0.648 bits per heavy atom. The summed E-state index contributed by atoms with van der Waals surface area (Å²) in [5.74, 6) is 0.196. The van der Waals surface area contributed by atoms with Crippen molar-refractivity contribution in [2.45, 2.75) is 471 Å². The van der Waals surface area contributed by atoms with Gasteiger partial charge in [-0.1, -0.05) is 402 Å². The molecule has 0 saturated carbocycles. The third kappa shape index (κ3) is 79.9. The number of carbonyl (C=O) groups is 4. The topological polar surface area (TPSA) is 237 Å². The molecule has 0 bridgehead atoms. The maximum absolute atomic E-state index is 13.1. The molecule has 0 aromatic rings. The second kappa shape index (κ2) is 76.1. The van der Waals surface area contributed by atoms with Gasteiger partial charge in [-0.2, -0.15) is 0 Å². The fraction of sp³-hybridized carbons (Fsp3) is 0.953.